The van der Waals surface area contributed by atoms with Crippen LogP contribution in [-0.4, -0.2) is 67.0 Å². The summed E-state index contributed by atoms with van der Waals surface area (Å²) in [7, 11) is -3.15. The van der Waals surface area contributed by atoms with E-state index in [1.807, 2.05) is 24.8 Å². The molecule has 2 heterocycles. The van der Waals surface area contributed by atoms with Crippen LogP contribution < -0.4 is 0 Å². The van der Waals surface area contributed by atoms with E-state index in [0.29, 0.717) is 32.7 Å². The molecule has 1 saturated heterocycles. The number of nitrogens with zero attached hydrogens (tertiary/aromatic N) is 3. The first kappa shape index (κ1) is 19.8. The van der Waals surface area contributed by atoms with Crippen molar-refractivity contribution in [3.8, 4) is 5.69 Å². The minimum absolute atomic E-state index is 0.0780. The van der Waals surface area contributed by atoms with E-state index in [1.165, 1.54) is 16.1 Å². The van der Waals surface area contributed by atoms with Gasteiger partial charge in [0.1, 0.15) is 0 Å². The molecule has 1 fully saturated rings. The van der Waals surface area contributed by atoms with Crippen LogP contribution in [0.15, 0.2) is 30.3 Å². The van der Waals surface area contributed by atoms with Gasteiger partial charge in [0.2, 0.25) is 10.0 Å². The van der Waals surface area contributed by atoms with Crippen molar-refractivity contribution in [2.24, 2.45) is 0 Å². The monoisotopic (exact) mass is 389 g/mol. The summed E-state index contributed by atoms with van der Waals surface area (Å²) in [6.07, 6.45) is 1.23. The fourth-order valence-corrected chi connectivity index (χ4v) is 4.47. The van der Waals surface area contributed by atoms with E-state index >= 15 is 0 Å². The molecule has 0 aliphatic carbocycles. The molecule has 0 unspecified atom stereocenters. The van der Waals surface area contributed by atoms with Crippen molar-refractivity contribution in [1.29, 1.82) is 0 Å². The number of benzene rings is 1. The molecule has 146 valence electrons. The van der Waals surface area contributed by atoms with Crippen LogP contribution >= 0.6 is 0 Å². The molecule has 0 atom stereocenters. The normalized spacial score (nSPS) is 16.6. The van der Waals surface area contributed by atoms with Crippen LogP contribution in [0, 0.1) is 20.8 Å². The smallest absolute Gasteiger partial charge is 0.211 e. The predicted octanol–water partition coefficient (Wildman–Crippen LogP) is 2.16. The second kappa shape index (κ2) is 7.58. The number of piperazine rings is 1. The predicted molar refractivity (Wildman–Crippen MR) is 107 cm³/mol. The second-order valence-corrected chi connectivity index (χ2v) is 9.30. The van der Waals surface area contributed by atoms with Crippen LogP contribution in [0.4, 0.5) is 0 Å². The SMILES string of the molecule is Cc1ccc(-n2c(C)cc(C(=O)CN3CCN(S(C)(=O)=O)CC3)c2C)cc1. The van der Waals surface area contributed by atoms with E-state index in [9.17, 15) is 13.2 Å². The third-order valence-electron chi connectivity index (χ3n) is 5.19. The van der Waals surface area contributed by atoms with Crippen LogP contribution in [0.2, 0.25) is 0 Å². The van der Waals surface area contributed by atoms with Crippen LogP contribution in [0.1, 0.15) is 27.3 Å². The van der Waals surface area contributed by atoms with Crippen molar-refractivity contribution in [3.05, 3.63) is 52.8 Å². The summed E-state index contributed by atoms with van der Waals surface area (Å²) < 4.78 is 26.8. The maximum atomic E-state index is 12.9. The standard InChI is InChI=1S/C20H27N3O3S/c1-15-5-7-18(8-6-15)23-16(2)13-19(17(23)3)20(24)14-21-9-11-22(12-10-21)27(4,25)26/h5-8,13H,9-12,14H2,1-4H3. The zero-order chi connectivity index (χ0) is 19.8. The molecular formula is C20H27N3O3S. The third kappa shape index (κ3) is 4.31. The fourth-order valence-electron chi connectivity index (χ4n) is 3.64. The van der Waals surface area contributed by atoms with E-state index in [0.717, 1.165) is 22.6 Å². The number of ketones is 1. The zero-order valence-corrected chi connectivity index (χ0v) is 17.2. The van der Waals surface area contributed by atoms with Crippen LogP contribution in [0.3, 0.4) is 0 Å². The highest BCUT2D eigenvalue weighted by Gasteiger charge is 2.25. The van der Waals surface area contributed by atoms with Gasteiger partial charge >= 0.3 is 0 Å². The van der Waals surface area contributed by atoms with Crippen molar-refractivity contribution in [2.75, 3.05) is 39.0 Å². The van der Waals surface area contributed by atoms with E-state index < -0.39 is 10.0 Å². The lowest BCUT2D eigenvalue weighted by Crippen LogP contribution is -2.49. The molecule has 2 aromatic rings. The Morgan fingerprint density at radius 2 is 1.59 bits per heavy atom. The lowest BCUT2D eigenvalue weighted by Gasteiger charge is -2.32. The van der Waals surface area contributed by atoms with Gasteiger partial charge in [-0.05, 0) is 39.0 Å². The number of carbonyl (C=O) groups excluding carboxylic acids is 1. The molecule has 0 radical (unpaired) electrons. The lowest BCUT2D eigenvalue weighted by molar-refractivity contribution is 0.0901. The number of aromatic nitrogens is 1. The topological polar surface area (TPSA) is 62.6 Å². The first-order chi connectivity index (χ1) is 12.7. The number of hydrogen-bond acceptors (Lipinski definition) is 4. The van der Waals surface area contributed by atoms with Gasteiger partial charge < -0.3 is 4.57 Å². The van der Waals surface area contributed by atoms with E-state index in [-0.39, 0.29) is 5.78 Å². The van der Waals surface area contributed by atoms with Crippen molar-refractivity contribution in [3.63, 3.8) is 0 Å². The first-order valence-electron chi connectivity index (χ1n) is 9.13. The van der Waals surface area contributed by atoms with E-state index in [4.69, 9.17) is 0 Å². The maximum Gasteiger partial charge on any atom is 0.211 e. The summed E-state index contributed by atoms with van der Waals surface area (Å²) in [5, 5.41) is 0. The molecule has 0 saturated carbocycles. The number of hydrogen-bond donors (Lipinski definition) is 0. The van der Waals surface area contributed by atoms with Crippen molar-refractivity contribution in [1.82, 2.24) is 13.8 Å². The van der Waals surface area contributed by atoms with Gasteiger partial charge in [-0.25, -0.2) is 8.42 Å². The summed E-state index contributed by atoms with van der Waals surface area (Å²) in [6.45, 7) is 8.39. The summed E-state index contributed by atoms with van der Waals surface area (Å²) in [4.78, 5) is 14.9. The number of carbonyl (C=O) groups is 1. The Morgan fingerprint density at radius 1 is 1.00 bits per heavy atom. The van der Waals surface area contributed by atoms with Gasteiger partial charge in [-0.1, -0.05) is 17.7 Å². The Balaban J connectivity index is 1.73. The highest BCUT2D eigenvalue weighted by atomic mass is 32.2. The number of aryl methyl sites for hydroxylation is 2. The number of sulfonamides is 1. The molecule has 27 heavy (non-hydrogen) atoms. The van der Waals surface area contributed by atoms with Crippen molar-refractivity contribution < 1.29 is 13.2 Å². The van der Waals surface area contributed by atoms with Gasteiger partial charge in [-0.3, -0.25) is 9.69 Å². The highest BCUT2D eigenvalue weighted by Crippen LogP contribution is 2.22. The molecule has 1 aromatic heterocycles. The quantitative estimate of drug-likeness (QED) is 0.735. The second-order valence-electron chi connectivity index (χ2n) is 7.32. The average molecular weight is 390 g/mol. The van der Waals surface area contributed by atoms with Gasteiger partial charge in [0, 0.05) is 48.8 Å². The Kier molecular flexibility index (Phi) is 5.55. The van der Waals surface area contributed by atoms with E-state index in [1.54, 1.807) is 0 Å². The highest BCUT2D eigenvalue weighted by molar-refractivity contribution is 7.88. The van der Waals surface area contributed by atoms with Crippen LogP contribution in [0.25, 0.3) is 5.69 Å². The minimum atomic E-state index is -3.15. The molecule has 0 N–H and O–H groups in total. The van der Waals surface area contributed by atoms with E-state index in [2.05, 4.69) is 35.8 Å². The minimum Gasteiger partial charge on any atom is -0.318 e. The van der Waals surface area contributed by atoms with Crippen molar-refractivity contribution in [2.45, 2.75) is 20.8 Å². The number of Topliss-reactive ketones (excluding diaryl/α,β-unsaturated/α-hetero) is 1. The van der Waals surface area contributed by atoms with Crippen molar-refractivity contribution >= 4 is 15.8 Å². The Hall–Kier alpha value is -1.96. The van der Waals surface area contributed by atoms with Crippen LogP contribution in [-0.2, 0) is 10.0 Å². The number of rotatable bonds is 5. The summed E-state index contributed by atoms with van der Waals surface area (Å²) >= 11 is 0. The largest absolute Gasteiger partial charge is 0.318 e. The summed E-state index contributed by atoms with van der Waals surface area (Å²) in [5.41, 5.74) is 4.96. The summed E-state index contributed by atoms with van der Waals surface area (Å²) in [5.74, 6) is 0.0780. The molecule has 0 bridgehead atoms. The fraction of sp³-hybridized carbons (Fsp3) is 0.450. The van der Waals surface area contributed by atoms with Gasteiger partial charge in [-0.15, -0.1) is 0 Å². The molecule has 7 heteroatoms. The third-order valence-corrected chi connectivity index (χ3v) is 6.49. The summed E-state index contributed by atoms with van der Waals surface area (Å²) in [6, 6.07) is 10.2. The molecule has 1 aliphatic heterocycles. The van der Waals surface area contributed by atoms with Gasteiger partial charge in [-0.2, -0.15) is 4.31 Å². The Labute approximate surface area is 161 Å². The molecule has 3 rings (SSSR count). The Bertz CT molecular complexity index is 938. The maximum absolute atomic E-state index is 12.9. The molecule has 0 spiro atoms. The Morgan fingerprint density at radius 3 is 2.15 bits per heavy atom. The van der Waals surface area contributed by atoms with Crippen LogP contribution in [0.5, 0.6) is 0 Å². The molecule has 0 amide bonds. The lowest BCUT2D eigenvalue weighted by atomic mass is 10.1. The average Bonchev–Trinajstić information content (AvgIpc) is 2.90. The van der Waals surface area contributed by atoms with Gasteiger partial charge in [0.25, 0.3) is 0 Å². The van der Waals surface area contributed by atoms with Gasteiger partial charge in [0.15, 0.2) is 5.78 Å². The molecule has 6 nitrogen and oxygen atoms in total. The molecular weight excluding hydrogens is 362 g/mol. The molecule has 1 aliphatic rings. The zero-order valence-electron chi connectivity index (χ0n) is 16.4. The molecule has 1 aromatic carbocycles. The van der Waals surface area contributed by atoms with Gasteiger partial charge in [0.05, 0.1) is 12.8 Å². The first-order valence-corrected chi connectivity index (χ1v) is 11.0.